The Balaban J connectivity index is 1.85. The largest absolute Gasteiger partial charge is 0.464 e. The van der Waals surface area contributed by atoms with Crippen LogP contribution in [0.25, 0.3) is 0 Å². The number of nitrogens with one attached hydrogen (secondary N) is 1. The molecule has 1 aliphatic heterocycles. The van der Waals surface area contributed by atoms with Gasteiger partial charge in [-0.25, -0.2) is 4.79 Å². The van der Waals surface area contributed by atoms with Crippen molar-refractivity contribution in [1.82, 2.24) is 5.32 Å². The Kier molecular flexibility index (Phi) is 9.92. The Labute approximate surface area is 129 Å². The van der Waals surface area contributed by atoms with Crippen LogP contribution in [0.5, 0.6) is 0 Å². The summed E-state index contributed by atoms with van der Waals surface area (Å²) in [5.41, 5.74) is 0. The molecule has 0 spiro atoms. The second-order valence-corrected chi connectivity index (χ2v) is 6.01. The molecule has 0 aliphatic carbocycles. The van der Waals surface area contributed by atoms with Crippen molar-refractivity contribution in [2.24, 2.45) is 0 Å². The number of carbonyl (C=O) groups is 2. The number of esters is 1. The fourth-order valence-electron chi connectivity index (χ4n) is 2.67. The molecule has 1 fully saturated rings. The molecule has 21 heavy (non-hydrogen) atoms. The Morgan fingerprint density at radius 3 is 2.14 bits per heavy atom. The summed E-state index contributed by atoms with van der Waals surface area (Å²) < 4.78 is 4.82. The van der Waals surface area contributed by atoms with Gasteiger partial charge in [0.05, 0.1) is 6.61 Å². The van der Waals surface area contributed by atoms with Crippen LogP contribution >= 0.6 is 0 Å². The number of amides is 1. The molecule has 0 aromatic rings. The predicted molar refractivity (Wildman–Crippen MR) is 84.0 cm³/mol. The van der Waals surface area contributed by atoms with E-state index in [2.05, 4.69) is 12.2 Å². The van der Waals surface area contributed by atoms with Crippen LogP contribution in [0.15, 0.2) is 0 Å². The average Bonchev–Trinajstić information content (AvgIpc) is 2.86. The van der Waals surface area contributed by atoms with Gasteiger partial charge in [-0.15, -0.1) is 0 Å². The molecule has 0 aromatic carbocycles. The van der Waals surface area contributed by atoms with Crippen molar-refractivity contribution in [1.29, 1.82) is 0 Å². The Morgan fingerprint density at radius 1 is 1.05 bits per heavy atom. The van der Waals surface area contributed by atoms with Gasteiger partial charge >= 0.3 is 5.97 Å². The highest BCUT2D eigenvalue weighted by atomic mass is 16.5. The van der Waals surface area contributed by atoms with Gasteiger partial charge in [0.25, 0.3) is 0 Å². The normalized spacial score (nSPS) is 17.8. The molecule has 0 saturated carbocycles. The summed E-state index contributed by atoms with van der Waals surface area (Å²) in [5.74, 6) is -0.301. The summed E-state index contributed by atoms with van der Waals surface area (Å²) >= 11 is 0. The third kappa shape index (κ3) is 8.74. The smallest absolute Gasteiger partial charge is 0.328 e. The van der Waals surface area contributed by atoms with E-state index in [4.69, 9.17) is 4.74 Å². The highest BCUT2D eigenvalue weighted by Gasteiger charge is 2.27. The van der Waals surface area contributed by atoms with Gasteiger partial charge in [0.2, 0.25) is 5.91 Å². The molecule has 0 radical (unpaired) electrons. The van der Waals surface area contributed by atoms with Crippen molar-refractivity contribution in [3.05, 3.63) is 0 Å². The van der Waals surface area contributed by atoms with Gasteiger partial charge in [-0.1, -0.05) is 64.7 Å². The lowest BCUT2D eigenvalue weighted by Crippen LogP contribution is -2.37. The number of ether oxygens (including phenoxy) is 1. The zero-order valence-electron chi connectivity index (χ0n) is 13.5. The molecule has 4 nitrogen and oxygen atoms in total. The molecule has 4 heteroatoms. The van der Waals surface area contributed by atoms with Crippen LogP contribution in [0, 0.1) is 0 Å². The first-order chi connectivity index (χ1) is 10.2. The maximum atomic E-state index is 11.7. The molecule has 1 atom stereocenters. The van der Waals surface area contributed by atoms with Crippen LogP contribution in [0.3, 0.4) is 0 Å². The van der Waals surface area contributed by atoms with E-state index in [9.17, 15) is 9.59 Å². The summed E-state index contributed by atoms with van der Waals surface area (Å²) in [7, 11) is 0. The zero-order chi connectivity index (χ0) is 15.3. The predicted octanol–water partition coefficient (Wildman–Crippen LogP) is 3.73. The van der Waals surface area contributed by atoms with Crippen LogP contribution in [0.2, 0.25) is 0 Å². The molecular weight excluding hydrogens is 266 g/mol. The minimum Gasteiger partial charge on any atom is -0.464 e. The molecule has 1 aliphatic rings. The van der Waals surface area contributed by atoms with E-state index in [1.54, 1.807) is 0 Å². The van der Waals surface area contributed by atoms with Gasteiger partial charge in [-0.2, -0.15) is 0 Å². The standard InChI is InChI=1S/C17H31NO3/c1-2-3-4-5-6-7-8-9-10-11-12-16(19)18-15-13-14-21-17(15)20/h15H,2-14H2,1H3,(H,18,19)/t15-/m0/s1. The minimum atomic E-state index is -0.402. The topological polar surface area (TPSA) is 55.4 Å². The quantitative estimate of drug-likeness (QED) is 0.441. The van der Waals surface area contributed by atoms with E-state index < -0.39 is 6.04 Å². The van der Waals surface area contributed by atoms with Crippen molar-refractivity contribution < 1.29 is 14.3 Å². The highest BCUT2D eigenvalue weighted by Crippen LogP contribution is 2.11. The number of rotatable bonds is 12. The highest BCUT2D eigenvalue weighted by molar-refractivity contribution is 5.85. The number of hydrogen-bond donors (Lipinski definition) is 1. The third-order valence-electron chi connectivity index (χ3n) is 4.03. The number of cyclic esters (lactones) is 1. The van der Waals surface area contributed by atoms with Crippen molar-refractivity contribution in [3.8, 4) is 0 Å². The Bertz CT molecular complexity index is 304. The van der Waals surface area contributed by atoms with E-state index >= 15 is 0 Å². The van der Waals surface area contributed by atoms with Gasteiger partial charge in [0.15, 0.2) is 0 Å². The van der Waals surface area contributed by atoms with Crippen molar-refractivity contribution >= 4 is 11.9 Å². The lowest BCUT2D eigenvalue weighted by Gasteiger charge is -2.08. The van der Waals surface area contributed by atoms with Crippen molar-refractivity contribution in [2.45, 2.75) is 90.0 Å². The fraction of sp³-hybridized carbons (Fsp3) is 0.882. The van der Waals surface area contributed by atoms with Gasteiger partial charge in [0.1, 0.15) is 6.04 Å². The number of carbonyl (C=O) groups excluding carboxylic acids is 2. The van der Waals surface area contributed by atoms with Crippen LogP contribution in [0.4, 0.5) is 0 Å². The van der Waals surface area contributed by atoms with Gasteiger partial charge in [0, 0.05) is 12.8 Å². The van der Waals surface area contributed by atoms with Gasteiger partial charge in [-0.3, -0.25) is 4.79 Å². The van der Waals surface area contributed by atoms with Crippen molar-refractivity contribution in [3.63, 3.8) is 0 Å². The summed E-state index contributed by atoms with van der Waals surface area (Å²) in [4.78, 5) is 22.9. The lowest BCUT2D eigenvalue weighted by atomic mass is 10.1. The molecule has 0 unspecified atom stereocenters. The fourth-order valence-corrected chi connectivity index (χ4v) is 2.67. The molecule has 1 N–H and O–H groups in total. The second kappa shape index (κ2) is 11.6. The first kappa shape index (κ1) is 18.0. The molecule has 1 saturated heterocycles. The van der Waals surface area contributed by atoms with E-state index in [1.807, 2.05) is 0 Å². The third-order valence-corrected chi connectivity index (χ3v) is 4.03. The Morgan fingerprint density at radius 2 is 1.62 bits per heavy atom. The van der Waals surface area contributed by atoms with Gasteiger partial charge in [-0.05, 0) is 6.42 Å². The number of unbranched alkanes of at least 4 members (excludes halogenated alkanes) is 9. The maximum absolute atomic E-state index is 11.7. The SMILES string of the molecule is CCCCCCCCCCCCC(=O)N[C@H]1CCOC1=O. The summed E-state index contributed by atoms with van der Waals surface area (Å²) in [6.07, 6.45) is 13.8. The molecule has 1 amide bonds. The molecule has 1 rings (SSSR count). The molecule has 0 bridgehead atoms. The van der Waals surface area contributed by atoms with Gasteiger partial charge < -0.3 is 10.1 Å². The molecule has 122 valence electrons. The average molecular weight is 297 g/mol. The first-order valence-corrected chi connectivity index (χ1v) is 8.70. The zero-order valence-corrected chi connectivity index (χ0v) is 13.5. The van der Waals surface area contributed by atoms with E-state index in [0.29, 0.717) is 19.4 Å². The van der Waals surface area contributed by atoms with Crippen LogP contribution in [0.1, 0.15) is 84.0 Å². The maximum Gasteiger partial charge on any atom is 0.328 e. The Hall–Kier alpha value is -1.06. The van der Waals surface area contributed by atoms with E-state index in [1.165, 1.54) is 51.4 Å². The number of hydrogen-bond acceptors (Lipinski definition) is 3. The molecular formula is C17H31NO3. The summed E-state index contributed by atoms with van der Waals surface area (Å²) in [5, 5.41) is 2.75. The summed E-state index contributed by atoms with van der Waals surface area (Å²) in [6, 6.07) is -0.402. The molecule has 0 aromatic heterocycles. The lowest BCUT2D eigenvalue weighted by molar-refractivity contribution is -0.141. The molecule has 1 heterocycles. The summed E-state index contributed by atoms with van der Waals surface area (Å²) in [6.45, 7) is 2.67. The minimum absolute atomic E-state index is 0.0154. The monoisotopic (exact) mass is 297 g/mol. The van der Waals surface area contributed by atoms with Crippen molar-refractivity contribution in [2.75, 3.05) is 6.61 Å². The van der Waals surface area contributed by atoms with Crippen LogP contribution in [-0.4, -0.2) is 24.5 Å². The van der Waals surface area contributed by atoms with Crippen LogP contribution in [-0.2, 0) is 14.3 Å². The van der Waals surface area contributed by atoms with E-state index in [-0.39, 0.29) is 11.9 Å². The first-order valence-electron chi connectivity index (χ1n) is 8.70. The van der Waals surface area contributed by atoms with Crippen LogP contribution < -0.4 is 5.32 Å². The second-order valence-electron chi connectivity index (χ2n) is 6.01. The van der Waals surface area contributed by atoms with E-state index in [0.717, 1.165) is 12.8 Å².